The van der Waals surface area contributed by atoms with Gasteiger partial charge in [-0.05, 0) is 39.0 Å². The normalized spacial score (nSPS) is 48.0. The first-order valence-corrected chi connectivity index (χ1v) is 13.7. The predicted molar refractivity (Wildman–Crippen MR) is 136 cm³/mol. The molecule has 10 atom stereocenters. The second-order valence-electron chi connectivity index (χ2n) is 11.9. The summed E-state index contributed by atoms with van der Waals surface area (Å²) in [6.07, 6.45) is 6.89. The lowest BCUT2D eigenvalue weighted by atomic mass is 9.51. The van der Waals surface area contributed by atoms with E-state index in [1.165, 1.54) is 11.6 Å². The second-order valence-corrected chi connectivity index (χ2v) is 11.9. The monoisotopic (exact) mass is 532 g/mol. The maximum atomic E-state index is 13.1. The smallest absolute Gasteiger partial charge is 0.335 e. The number of aliphatic hydroxyl groups excluding tert-OH is 2. The fourth-order valence-electron chi connectivity index (χ4n) is 7.04. The van der Waals surface area contributed by atoms with Crippen LogP contribution in [0.5, 0.6) is 0 Å². The standard InChI is InChI=1S/C29H40O9/c1-17-9-11-28-15-35-26(33)25(32)18(2)10-12-34-20(19(3)30)7-5-6-8-24(31)38-21-14-23(37-22(28)13-17)29(16-36-29)27(21,28)4/h5-8,13,18-23,25,30,32H,9-12,14-16H2,1-4H3/b7-5+,8-6-/t18-,19+,20-,21-,22-,23-,25+,27-,28-,29+/m1/s1. The van der Waals surface area contributed by atoms with Gasteiger partial charge < -0.3 is 33.9 Å². The molecule has 2 saturated heterocycles. The van der Waals surface area contributed by atoms with E-state index in [4.69, 9.17) is 23.7 Å². The largest absolute Gasteiger partial charge is 0.463 e. The third kappa shape index (κ3) is 4.36. The van der Waals surface area contributed by atoms with E-state index in [1.54, 1.807) is 32.1 Å². The van der Waals surface area contributed by atoms with Gasteiger partial charge >= 0.3 is 11.9 Å². The molecule has 210 valence electrons. The average molecular weight is 533 g/mol. The quantitative estimate of drug-likeness (QED) is 0.298. The molecule has 9 heteroatoms. The molecule has 2 bridgehead atoms. The van der Waals surface area contributed by atoms with Crippen LogP contribution >= 0.6 is 0 Å². The molecule has 0 aromatic rings. The summed E-state index contributed by atoms with van der Waals surface area (Å²) in [5.74, 6) is -1.60. The Labute approximate surface area is 223 Å². The molecular formula is C29H40O9. The van der Waals surface area contributed by atoms with Crippen molar-refractivity contribution in [1.82, 2.24) is 0 Å². The number of ether oxygens (including phenoxy) is 5. The molecule has 0 aromatic heterocycles. The number of carbonyl (C=O) groups excluding carboxylic acids is 2. The van der Waals surface area contributed by atoms with Crippen molar-refractivity contribution in [3.05, 3.63) is 36.0 Å². The zero-order valence-corrected chi connectivity index (χ0v) is 22.6. The molecule has 5 aliphatic rings. The number of esters is 2. The number of hydrogen-bond donors (Lipinski definition) is 2. The van der Waals surface area contributed by atoms with Gasteiger partial charge in [-0.3, -0.25) is 0 Å². The summed E-state index contributed by atoms with van der Waals surface area (Å²) in [4.78, 5) is 26.0. The Kier molecular flexibility index (Phi) is 7.37. The number of epoxide rings is 1. The lowest BCUT2D eigenvalue weighted by Crippen LogP contribution is -2.66. The van der Waals surface area contributed by atoms with Crippen LogP contribution in [0.2, 0.25) is 0 Å². The maximum absolute atomic E-state index is 13.1. The highest BCUT2D eigenvalue weighted by molar-refractivity contribution is 5.82. The third-order valence-electron chi connectivity index (χ3n) is 9.73. The van der Waals surface area contributed by atoms with Crippen LogP contribution in [-0.4, -0.2) is 84.2 Å². The minimum Gasteiger partial charge on any atom is -0.463 e. The van der Waals surface area contributed by atoms with Gasteiger partial charge in [0.05, 0.1) is 30.3 Å². The van der Waals surface area contributed by atoms with Gasteiger partial charge in [0.1, 0.15) is 24.4 Å². The van der Waals surface area contributed by atoms with E-state index >= 15 is 0 Å². The molecule has 38 heavy (non-hydrogen) atoms. The summed E-state index contributed by atoms with van der Waals surface area (Å²) in [6.45, 7) is 8.27. The van der Waals surface area contributed by atoms with Crippen molar-refractivity contribution in [2.24, 2.45) is 16.7 Å². The highest BCUT2D eigenvalue weighted by atomic mass is 16.6. The number of allylic oxidation sites excluding steroid dienone is 3. The lowest BCUT2D eigenvalue weighted by molar-refractivity contribution is -0.234. The molecule has 0 radical (unpaired) electrons. The number of hydrogen-bond acceptors (Lipinski definition) is 9. The van der Waals surface area contributed by atoms with Crippen molar-refractivity contribution in [1.29, 1.82) is 0 Å². The highest BCUT2D eigenvalue weighted by Crippen LogP contribution is 2.72. The molecular weight excluding hydrogens is 492 g/mol. The Hall–Kier alpha value is -2.04. The molecule has 9 nitrogen and oxygen atoms in total. The van der Waals surface area contributed by atoms with E-state index in [9.17, 15) is 19.8 Å². The molecule has 3 fully saturated rings. The zero-order chi connectivity index (χ0) is 27.3. The first-order chi connectivity index (χ1) is 18.0. The van der Waals surface area contributed by atoms with Crippen molar-refractivity contribution < 1.29 is 43.5 Å². The van der Waals surface area contributed by atoms with E-state index in [0.29, 0.717) is 25.9 Å². The fourth-order valence-corrected chi connectivity index (χ4v) is 7.04. The van der Waals surface area contributed by atoms with E-state index in [1.807, 2.05) is 0 Å². The van der Waals surface area contributed by atoms with Crippen LogP contribution in [0.1, 0.15) is 53.4 Å². The van der Waals surface area contributed by atoms with Crippen LogP contribution in [0.25, 0.3) is 0 Å². The van der Waals surface area contributed by atoms with Crippen molar-refractivity contribution in [3.8, 4) is 0 Å². The molecule has 5 rings (SSSR count). The van der Waals surface area contributed by atoms with Crippen LogP contribution in [0.15, 0.2) is 36.0 Å². The van der Waals surface area contributed by atoms with Gasteiger partial charge in [-0.15, -0.1) is 0 Å². The summed E-state index contributed by atoms with van der Waals surface area (Å²) in [6, 6.07) is 0. The van der Waals surface area contributed by atoms with Gasteiger partial charge in [0.25, 0.3) is 0 Å². The van der Waals surface area contributed by atoms with Crippen LogP contribution in [0, 0.1) is 16.7 Å². The molecule has 0 aromatic carbocycles. The van der Waals surface area contributed by atoms with Crippen LogP contribution in [0.4, 0.5) is 0 Å². The lowest BCUT2D eigenvalue weighted by Gasteiger charge is -2.58. The maximum Gasteiger partial charge on any atom is 0.335 e. The van der Waals surface area contributed by atoms with Crippen molar-refractivity contribution in [3.63, 3.8) is 0 Å². The van der Waals surface area contributed by atoms with Gasteiger partial charge in [-0.25, -0.2) is 9.59 Å². The Morgan fingerprint density at radius 3 is 2.63 bits per heavy atom. The van der Waals surface area contributed by atoms with Crippen molar-refractivity contribution in [2.75, 3.05) is 19.8 Å². The molecule has 3 heterocycles. The highest BCUT2D eigenvalue weighted by Gasteiger charge is 2.83. The summed E-state index contributed by atoms with van der Waals surface area (Å²) in [5.41, 5.74) is -0.771. The number of carbonyl (C=O) groups is 2. The minimum absolute atomic E-state index is 0.0195. The van der Waals surface area contributed by atoms with Gasteiger partial charge in [0.15, 0.2) is 6.10 Å². The van der Waals surface area contributed by atoms with Gasteiger partial charge in [-0.1, -0.05) is 43.7 Å². The predicted octanol–water partition coefficient (Wildman–Crippen LogP) is 2.39. The Morgan fingerprint density at radius 1 is 1.16 bits per heavy atom. The van der Waals surface area contributed by atoms with E-state index in [-0.39, 0.29) is 25.4 Å². The van der Waals surface area contributed by atoms with Gasteiger partial charge in [-0.2, -0.15) is 0 Å². The Balaban J connectivity index is 1.51. The topological polar surface area (TPSA) is 124 Å². The Morgan fingerprint density at radius 2 is 1.92 bits per heavy atom. The zero-order valence-electron chi connectivity index (χ0n) is 22.6. The summed E-state index contributed by atoms with van der Waals surface area (Å²) in [7, 11) is 0. The molecule has 3 aliphatic heterocycles. The first kappa shape index (κ1) is 27.5. The van der Waals surface area contributed by atoms with Crippen molar-refractivity contribution >= 4 is 11.9 Å². The number of rotatable bonds is 1. The Bertz CT molecular complexity index is 1030. The summed E-state index contributed by atoms with van der Waals surface area (Å²) >= 11 is 0. The van der Waals surface area contributed by atoms with Crippen LogP contribution < -0.4 is 0 Å². The minimum atomic E-state index is -1.33. The number of cyclic esters (lactones) is 1. The first-order valence-electron chi connectivity index (χ1n) is 13.7. The van der Waals surface area contributed by atoms with Crippen LogP contribution in [0.3, 0.4) is 0 Å². The SMILES string of the molecule is CC1=C[C@H]2O[C@@H]3C[C@H]4OC(=O)/C=C\C=C\[C@H]([C@H](C)O)OCC[C@@H](C)[C@H](O)C(=O)OC[C@@]2(CC1)[C@]4(C)[C@]31CO1. The molecule has 2 aliphatic carbocycles. The summed E-state index contributed by atoms with van der Waals surface area (Å²) in [5, 5.41) is 20.8. The molecule has 2 N–H and O–H groups in total. The average Bonchev–Trinajstić information content (AvgIpc) is 3.65. The van der Waals surface area contributed by atoms with E-state index < -0.39 is 58.7 Å². The summed E-state index contributed by atoms with van der Waals surface area (Å²) < 4.78 is 30.4. The van der Waals surface area contributed by atoms with Crippen molar-refractivity contribution in [2.45, 2.75) is 95.6 Å². The third-order valence-corrected chi connectivity index (χ3v) is 9.73. The molecule has 0 unspecified atom stereocenters. The van der Waals surface area contributed by atoms with E-state index in [2.05, 4.69) is 19.9 Å². The molecule has 0 amide bonds. The second kappa shape index (κ2) is 10.2. The van der Waals surface area contributed by atoms with E-state index in [0.717, 1.165) is 6.42 Å². The van der Waals surface area contributed by atoms with Gasteiger partial charge in [0.2, 0.25) is 0 Å². The molecule has 2 spiro atoms. The molecule has 1 saturated carbocycles. The van der Waals surface area contributed by atoms with Gasteiger partial charge in [0, 0.05) is 24.5 Å². The van der Waals surface area contributed by atoms with Crippen LogP contribution in [-0.2, 0) is 33.3 Å². The number of aliphatic hydroxyl groups is 2. The fraction of sp³-hybridized carbons (Fsp3) is 0.724.